The highest BCUT2D eigenvalue weighted by atomic mass is 35.5. The molecule has 0 aliphatic rings. The number of nitrogens with one attached hydrogen (secondary N) is 1. The number of carboxylic acids is 1. The lowest BCUT2D eigenvalue weighted by atomic mass is 10.1. The van der Waals surface area contributed by atoms with E-state index >= 15 is 0 Å². The predicted octanol–water partition coefficient (Wildman–Crippen LogP) is 5.89. The Bertz CT molecular complexity index is 1010. The molecule has 2 N–H and O–H groups in total. The van der Waals surface area contributed by atoms with Crippen molar-refractivity contribution in [2.75, 3.05) is 12.4 Å². The lowest BCUT2D eigenvalue weighted by molar-refractivity contribution is 0.0697. The van der Waals surface area contributed by atoms with E-state index in [0.717, 1.165) is 11.1 Å². The van der Waals surface area contributed by atoms with Crippen molar-refractivity contribution in [2.45, 2.75) is 13.2 Å². The number of methoxy groups -OCH3 is 1. The zero-order valence-corrected chi connectivity index (χ0v) is 17.1. The normalized spacial score (nSPS) is 10.4. The van der Waals surface area contributed by atoms with Crippen molar-refractivity contribution >= 4 is 34.9 Å². The molecule has 3 aromatic rings. The maximum Gasteiger partial charge on any atom is 0.335 e. The molecule has 0 radical (unpaired) electrons. The van der Waals surface area contributed by atoms with E-state index in [0.29, 0.717) is 40.4 Å². The third kappa shape index (κ3) is 5.34. The zero-order valence-electron chi connectivity index (χ0n) is 15.6. The van der Waals surface area contributed by atoms with Crippen molar-refractivity contribution in [2.24, 2.45) is 0 Å². The van der Waals surface area contributed by atoms with Crippen molar-refractivity contribution in [3.63, 3.8) is 0 Å². The average molecular weight is 432 g/mol. The summed E-state index contributed by atoms with van der Waals surface area (Å²) in [4.78, 5) is 11.2. The summed E-state index contributed by atoms with van der Waals surface area (Å²) in [5, 5.41) is 13.4. The molecule has 5 nitrogen and oxygen atoms in total. The van der Waals surface area contributed by atoms with E-state index in [1.807, 2.05) is 42.5 Å². The average Bonchev–Trinajstić information content (AvgIpc) is 2.72. The Morgan fingerprint density at radius 3 is 2.52 bits per heavy atom. The van der Waals surface area contributed by atoms with Crippen LogP contribution in [0.3, 0.4) is 0 Å². The van der Waals surface area contributed by atoms with Gasteiger partial charge in [-0.2, -0.15) is 0 Å². The van der Waals surface area contributed by atoms with Gasteiger partial charge < -0.3 is 19.9 Å². The summed E-state index contributed by atoms with van der Waals surface area (Å²) in [5.41, 5.74) is 2.49. The van der Waals surface area contributed by atoms with Crippen molar-refractivity contribution in [3.8, 4) is 11.5 Å². The Morgan fingerprint density at radius 1 is 1.07 bits per heavy atom. The fourth-order valence-corrected chi connectivity index (χ4v) is 3.06. The number of hydrogen-bond acceptors (Lipinski definition) is 4. The van der Waals surface area contributed by atoms with Gasteiger partial charge in [-0.15, -0.1) is 0 Å². The number of aromatic carboxylic acids is 1. The summed E-state index contributed by atoms with van der Waals surface area (Å²) in [6.07, 6.45) is 0. The summed E-state index contributed by atoms with van der Waals surface area (Å²) in [5.74, 6) is 0.185. The van der Waals surface area contributed by atoms with Crippen LogP contribution in [0.15, 0.2) is 60.7 Å². The molecule has 0 spiro atoms. The van der Waals surface area contributed by atoms with E-state index in [-0.39, 0.29) is 5.56 Å². The molecule has 0 fully saturated rings. The summed E-state index contributed by atoms with van der Waals surface area (Å²) >= 11 is 12.1. The maximum atomic E-state index is 11.2. The highest BCUT2D eigenvalue weighted by Gasteiger charge is 2.13. The van der Waals surface area contributed by atoms with Gasteiger partial charge in [0.05, 0.1) is 23.4 Å². The molecule has 0 heterocycles. The van der Waals surface area contributed by atoms with Crippen molar-refractivity contribution in [1.82, 2.24) is 0 Å². The summed E-state index contributed by atoms with van der Waals surface area (Å²) in [6, 6.07) is 17.5. The van der Waals surface area contributed by atoms with E-state index in [2.05, 4.69) is 5.32 Å². The molecule has 0 unspecified atom stereocenters. The Labute approximate surface area is 178 Å². The van der Waals surface area contributed by atoms with Crippen LogP contribution in [0.1, 0.15) is 21.5 Å². The zero-order chi connectivity index (χ0) is 20.8. The number of para-hydroxylation sites is 1. The molecule has 0 bridgehead atoms. The molecule has 0 atom stereocenters. The summed E-state index contributed by atoms with van der Waals surface area (Å²) in [6.45, 7) is 0.718. The minimum Gasteiger partial charge on any atom is -0.493 e. The van der Waals surface area contributed by atoms with Crippen molar-refractivity contribution < 1.29 is 19.4 Å². The molecule has 0 aliphatic heterocycles. The maximum absolute atomic E-state index is 11.2. The molecule has 0 aromatic heterocycles. The first-order valence-corrected chi connectivity index (χ1v) is 9.53. The summed E-state index contributed by atoms with van der Waals surface area (Å²) < 4.78 is 11.5. The second-order valence-electron chi connectivity index (χ2n) is 6.22. The first kappa shape index (κ1) is 20.8. The molecule has 3 rings (SSSR count). The number of halogens is 2. The third-order valence-electron chi connectivity index (χ3n) is 4.26. The molecule has 3 aromatic carbocycles. The van der Waals surface area contributed by atoms with Gasteiger partial charge in [-0.1, -0.05) is 47.5 Å². The highest BCUT2D eigenvalue weighted by molar-refractivity contribution is 6.33. The predicted molar refractivity (Wildman–Crippen MR) is 115 cm³/mol. The Hall–Kier alpha value is -2.89. The number of carboxylic acid groups (broad SMARTS) is 1. The Morgan fingerprint density at radius 2 is 1.83 bits per heavy atom. The topological polar surface area (TPSA) is 67.8 Å². The van der Waals surface area contributed by atoms with Crippen LogP contribution in [0.4, 0.5) is 5.69 Å². The van der Waals surface area contributed by atoms with Gasteiger partial charge in [0.15, 0.2) is 11.5 Å². The fourth-order valence-electron chi connectivity index (χ4n) is 2.75. The van der Waals surface area contributed by atoms with Crippen LogP contribution in [-0.2, 0) is 13.2 Å². The van der Waals surface area contributed by atoms with Gasteiger partial charge in [0.2, 0.25) is 0 Å². The standard InChI is InChI=1S/C22H19Cl2NO4/c1-28-20-4-2-3-16(21(20)29-13-14-5-8-17(23)9-6-14)12-25-19-11-15(22(26)27)7-10-18(19)24/h2-11,25H,12-13H2,1H3,(H,26,27). The van der Waals surface area contributed by atoms with Gasteiger partial charge in [-0.05, 0) is 42.0 Å². The van der Waals surface area contributed by atoms with Gasteiger partial charge in [0.1, 0.15) is 6.61 Å². The van der Waals surface area contributed by atoms with Gasteiger partial charge in [-0.25, -0.2) is 4.79 Å². The van der Waals surface area contributed by atoms with Crippen LogP contribution in [0, 0.1) is 0 Å². The van der Waals surface area contributed by atoms with E-state index in [9.17, 15) is 9.90 Å². The first-order valence-electron chi connectivity index (χ1n) is 8.77. The number of ether oxygens (including phenoxy) is 2. The minimum atomic E-state index is -1.02. The number of hydrogen-bond donors (Lipinski definition) is 2. The second-order valence-corrected chi connectivity index (χ2v) is 7.06. The molecule has 7 heteroatoms. The molecular formula is C22H19Cl2NO4. The van der Waals surface area contributed by atoms with Crippen LogP contribution >= 0.6 is 23.2 Å². The molecule has 0 amide bonds. The molecule has 0 aliphatic carbocycles. The summed E-state index contributed by atoms with van der Waals surface area (Å²) in [7, 11) is 1.58. The van der Waals surface area contributed by atoms with Crippen molar-refractivity contribution in [1.29, 1.82) is 0 Å². The van der Waals surface area contributed by atoms with Crippen LogP contribution in [0.2, 0.25) is 10.0 Å². The van der Waals surface area contributed by atoms with Crippen LogP contribution in [-0.4, -0.2) is 18.2 Å². The number of carbonyl (C=O) groups is 1. The monoisotopic (exact) mass is 431 g/mol. The highest BCUT2D eigenvalue weighted by Crippen LogP contribution is 2.33. The minimum absolute atomic E-state index is 0.154. The smallest absolute Gasteiger partial charge is 0.335 e. The van der Waals surface area contributed by atoms with E-state index in [1.54, 1.807) is 13.2 Å². The lowest BCUT2D eigenvalue weighted by Gasteiger charge is -2.16. The van der Waals surface area contributed by atoms with Crippen molar-refractivity contribution in [3.05, 3.63) is 87.4 Å². The third-order valence-corrected chi connectivity index (χ3v) is 4.84. The Balaban J connectivity index is 1.79. The molecule has 29 heavy (non-hydrogen) atoms. The molecular weight excluding hydrogens is 413 g/mol. The number of anilines is 1. The number of rotatable bonds is 8. The number of benzene rings is 3. The van der Waals surface area contributed by atoms with Gasteiger partial charge >= 0.3 is 5.97 Å². The second kappa shape index (κ2) is 9.54. The van der Waals surface area contributed by atoms with Crippen LogP contribution in [0.25, 0.3) is 0 Å². The lowest BCUT2D eigenvalue weighted by Crippen LogP contribution is -2.06. The molecule has 0 saturated heterocycles. The fraction of sp³-hybridized carbons (Fsp3) is 0.136. The largest absolute Gasteiger partial charge is 0.493 e. The first-order chi connectivity index (χ1) is 14.0. The van der Waals surface area contributed by atoms with Gasteiger partial charge in [0, 0.05) is 17.1 Å². The van der Waals surface area contributed by atoms with E-state index in [1.165, 1.54) is 12.1 Å². The van der Waals surface area contributed by atoms with Gasteiger partial charge in [0.25, 0.3) is 0 Å². The SMILES string of the molecule is COc1cccc(CNc2cc(C(=O)O)ccc2Cl)c1OCc1ccc(Cl)cc1. The Kier molecular flexibility index (Phi) is 6.86. The van der Waals surface area contributed by atoms with E-state index < -0.39 is 5.97 Å². The molecule has 0 saturated carbocycles. The van der Waals surface area contributed by atoms with Crippen LogP contribution in [0.5, 0.6) is 11.5 Å². The quantitative estimate of drug-likeness (QED) is 0.465. The van der Waals surface area contributed by atoms with Crippen LogP contribution < -0.4 is 14.8 Å². The molecule has 150 valence electrons. The van der Waals surface area contributed by atoms with E-state index in [4.69, 9.17) is 32.7 Å². The van der Waals surface area contributed by atoms with Gasteiger partial charge in [-0.3, -0.25) is 0 Å².